The Morgan fingerprint density at radius 1 is 1.04 bits per heavy atom. The van der Waals surface area contributed by atoms with Gasteiger partial charge in [-0.3, -0.25) is 4.90 Å². The summed E-state index contributed by atoms with van der Waals surface area (Å²) in [6, 6.07) is 13.1. The minimum absolute atomic E-state index is 0.948. The van der Waals surface area contributed by atoms with E-state index >= 15 is 0 Å². The van der Waals surface area contributed by atoms with Crippen LogP contribution in [-0.4, -0.2) is 53.0 Å². The van der Waals surface area contributed by atoms with Crippen molar-refractivity contribution >= 4 is 11.0 Å². The molecule has 1 aromatic carbocycles. The fraction of sp³-hybridized carbons (Fsp3) is 0.316. The minimum Gasteiger partial charge on any atom is -0.346 e. The molecule has 1 aliphatic rings. The predicted octanol–water partition coefficient (Wildman–Crippen LogP) is 2.98. The zero-order chi connectivity index (χ0) is 15.6. The summed E-state index contributed by atoms with van der Waals surface area (Å²) in [5.41, 5.74) is 4.80. The van der Waals surface area contributed by atoms with Crippen molar-refractivity contribution < 1.29 is 0 Å². The van der Waals surface area contributed by atoms with Crippen LogP contribution in [0.25, 0.3) is 22.2 Å². The van der Waals surface area contributed by atoms with Gasteiger partial charge in [0.25, 0.3) is 0 Å². The molecule has 0 radical (unpaired) electrons. The topological polar surface area (TPSA) is 35.2 Å². The van der Waals surface area contributed by atoms with Gasteiger partial charge >= 0.3 is 0 Å². The summed E-state index contributed by atoms with van der Waals surface area (Å²) < 4.78 is 0. The van der Waals surface area contributed by atoms with Gasteiger partial charge < -0.3 is 9.88 Å². The number of H-pyrrole nitrogens is 1. The molecule has 4 nitrogen and oxygen atoms in total. The van der Waals surface area contributed by atoms with Crippen LogP contribution in [0, 0.1) is 0 Å². The molecule has 2 aromatic heterocycles. The second-order valence-corrected chi connectivity index (χ2v) is 6.38. The van der Waals surface area contributed by atoms with Crippen molar-refractivity contribution in [3.63, 3.8) is 0 Å². The van der Waals surface area contributed by atoms with Gasteiger partial charge in [0.1, 0.15) is 5.65 Å². The largest absolute Gasteiger partial charge is 0.346 e. The van der Waals surface area contributed by atoms with Crippen molar-refractivity contribution in [2.75, 3.05) is 33.2 Å². The van der Waals surface area contributed by atoms with Crippen LogP contribution in [-0.2, 0) is 6.54 Å². The second kappa shape index (κ2) is 6.14. The van der Waals surface area contributed by atoms with Crippen molar-refractivity contribution in [1.82, 2.24) is 19.8 Å². The number of nitrogens with zero attached hydrogens (tertiary/aromatic N) is 3. The lowest BCUT2D eigenvalue weighted by molar-refractivity contribution is 0.148. The van der Waals surface area contributed by atoms with E-state index in [9.17, 15) is 0 Å². The van der Waals surface area contributed by atoms with Gasteiger partial charge in [0.2, 0.25) is 0 Å². The highest BCUT2D eigenvalue weighted by molar-refractivity contribution is 5.93. The molecule has 4 heteroatoms. The number of benzene rings is 1. The Morgan fingerprint density at radius 3 is 2.61 bits per heavy atom. The normalized spacial score (nSPS) is 16.9. The standard InChI is InChI=1S/C19H22N4/c1-22-9-11-23(12-10-22)14-15-4-6-16(7-5-15)18-13-21-19-17(18)3-2-8-20-19/h2-8,13H,9-12,14H2,1H3,(H,20,21). The van der Waals surface area contributed by atoms with Crippen LogP contribution in [0.5, 0.6) is 0 Å². The Morgan fingerprint density at radius 2 is 1.83 bits per heavy atom. The number of nitrogens with one attached hydrogen (secondary N) is 1. The molecule has 1 saturated heterocycles. The highest BCUT2D eigenvalue weighted by atomic mass is 15.2. The summed E-state index contributed by atoms with van der Waals surface area (Å²) >= 11 is 0. The monoisotopic (exact) mass is 306 g/mol. The van der Waals surface area contributed by atoms with Crippen molar-refractivity contribution in [3.05, 3.63) is 54.4 Å². The zero-order valence-corrected chi connectivity index (χ0v) is 13.5. The third-order valence-corrected chi connectivity index (χ3v) is 4.72. The summed E-state index contributed by atoms with van der Waals surface area (Å²) in [5.74, 6) is 0. The van der Waals surface area contributed by atoms with Gasteiger partial charge in [-0.2, -0.15) is 0 Å². The smallest absolute Gasteiger partial charge is 0.137 e. The van der Waals surface area contributed by atoms with E-state index in [-0.39, 0.29) is 0 Å². The molecule has 118 valence electrons. The molecule has 0 atom stereocenters. The van der Waals surface area contributed by atoms with Crippen LogP contribution in [0.2, 0.25) is 0 Å². The van der Waals surface area contributed by atoms with Crippen molar-refractivity contribution in [1.29, 1.82) is 0 Å². The van der Waals surface area contributed by atoms with Crippen LogP contribution in [0.1, 0.15) is 5.56 Å². The molecule has 3 aromatic rings. The maximum absolute atomic E-state index is 4.36. The lowest BCUT2D eigenvalue weighted by Gasteiger charge is -2.32. The summed E-state index contributed by atoms with van der Waals surface area (Å²) in [4.78, 5) is 12.5. The Hall–Kier alpha value is -2.17. The highest BCUT2D eigenvalue weighted by Crippen LogP contribution is 2.27. The first-order valence-corrected chi connectivity index (χ1v) is 8.22. The van der Waals surface area contributed by atoms with Gasteiger partial charge in [-0.15, -0.1) is 0 Å². The lowest BCUT2D eigenvalue weighted by atomic mass is 10.0. The molecular weight excluding hydrogens is 284 g/mol. The first-order chi connectivity index (χ1) is 11.3. The van der Waals surface area contributed by atoms with Crippen molar-refractivity contribution in [2.24, 2.45) is 0 Å². The molecule has 0 unspecified atom stereocenters. The molecule has 0 amide bonds. The maximum atomic E-state index is 4.36. The highest BCUT2D eigenvalue weighted by Gasteiger charge is 2.14. The lowest BCUT2D eigenvalue weighted by Crippen LogP contribution is -2.43. The van der Waals surface area contributed by atoms with Gasteiger partial charge in [-0.1, -0.05) is 24.3 Å². The number of piperazine rings is 1. The maximum Gasteiger partial charge on any atom is 0.137 e. The number of hydrogen-bond acceptors (Lipinski definition) is 3. The number of aromatic nitrogens is 2. The molecule has 3 heterocycles. The van der Waals surface area contributed by atoms with Crippen molar-refractivity contribution in [2.45, 2.75) is 6.54 Å². The number of aromatic amines is 1. The van der Waals surface area contributed by atoms with E-state index < -0.39 is 0 Å². The van der Waals surface area contributed by atoms with E-state index in [4.69, 9.17) is 0 Å². The van der Waals surface area contributed by atoms with E-state index in [2.05, 4.69) is 57.1 Å². The van der Waals surface area contributed by atoms with Crippen LogP contribution >= 0.6 is 0 Å². The Bertz CT molecular complexity index is 782. The van der Waals surface area contributed by atoms with Gasteiger partial charge in [-0.05, 0) is 30.3 Å². The average molecular weight is 306 g/mol. The second-order valence-electron chi connectivity index (χ2n) is 6.38. The molecule has 0 saturated carbocycles. The minimum atomic E-state index is 0.948. The molecule has 23 heavy (non-hydrogen) atoms. The van der Waals surface area contributed by atoms with E-state index in [0.29, 0.717) is 0 Å². The molecule has 0 aliphatic carbocycles. The van der Waals surface area contributed by atoms with Crippen molar-refractivity contribution in [3.8, 4) is 11.1 Å². The average Bonchev–Trinajstić information content (AvgIpc) is 3.02. The van der Waals surface area contributed by atoms with E-state index in [1.165, 1.54) is 35.2 Å². The van der Waals surface area contributed by atoms with Gasteiger partial charge in [0, 0.05) is 56.1 Å². The Labute approximate surface area is 136 Å². The molecule has 4 rings (SSSR count). The quantitative estimate of drug-likeness (QED) is 0.808. The zero-order valence-electron chi connectivity index (χ0n) is 13.5. The fourth-order valence-electron chi connectivity index (χ4n) is 3.25. The molecule has 1 aliphatic heterocycles. The number of likely N-dealkylation sites (N-methyl/N-ethyl adjacent to an activating group) is 1. The SMILES string of the molecule is CN1CCN(Cc2ccc(-c3c[nH]c4ncccc34)cc2)CC1. The molecule has 1 fully saturated rings. The first kappa shape index (κ1) is 14.4. The summed E-state index contributed by atoms with van der Waals surface area (Å²) in [6.45, 7) is 5.70. The predicted molar refractivity (Wildman–Crippen MR) is 94.3 cm³/mol. The van der Waals surface area contributed by atoms with Crippen LogP contribution < -0.4 is 0 Å². The number of pyridine rings is 1. The molecule has 1 N–H and O–H groups in total. The van der Waals surface area contributed by atoms with Gasteiger partial charge in [0.15, 0.2) is 0 Å². The molecule has 0 bridgehead atoms. The van der Waals surface area contributed by atoms with Gasteiger partial charge in [-0.25, -0.2) is 4.98 Å². The van der Waals surface area contributed by atoms with Crippen LogP contribution in [0.15, 0.2) is 48.8 Å². The molecule has 0 spiro atoms. The van der Waals surface area contributed by atoms with E-state index in [1.54, 1.807) is 0 Å². The fourth-order valence-corrected chi connectivity index (χ4v) is 3.25. The van der Waals surface area contributed by atoms with E-state index in [0.717, 1.165) is 25.3 Å². The summed E-state index contributed by atoms with van der Waals surface area (Å²) in [7, 11) is 2.20. The molecular formula is C19H22N4. The summed E-state index contributed by atoms with van der Waals surface area (Å²) in [5, 5.41) is 1.18. The van der Waals surface area contributed by atoms with Gasteiger partial charge in [0.05, 0.1) is 0 Å². The van der Waals surface area contributed by atoms with Crippen LogP contribution in [0.3, 0.4) is 0 Å². The number of rotatable bonds is 3. The Kier molecular flexibility index (Phi) is 3.85. The number of hydrogen-bond donors (Lipinski definition) is 1. The van der Waals surface area contributed by atoms with E-state index in [1.807, 2.05) is 18.5 Å². The first-order valence-electron chi connectivity index (χ1n) is 8.22. The third kappa shape index (κ3) is 3.00. The third-order valence-electron chi connectivity index (χ3n) is 4.72. The van der Waals surface area contributed by atoms with Crippen LogP contribution in [0.4, 0.5) is 0 Å². The Balaban J connectivity index is 1.52. The number of fused-ring (bicyclic) bond motifs is 1. The summed E-state index contributed by atoms with van der Waals surface area (Å²) in [6.07, 6.45) is 3.87.